The minimum atomic E-state index is -0.444. The minimum Gasteiger partial charge on any atom is -0.497 e. The number of nitrogens with zero attached hydrogens (tertiary/aromatic N) is 2. The molecule has 3 N–H and O–H groups in total. The molecule has 5 rings (SSSR count). The first-order chi connectivity index (χ1) is 16.4. The third-order valence-electron chi connectivity index (χ3n) is 7.61. The van der Waals surface area contributed by atoms with Crippen LogP contribution in [-0.2, 0) is 5.41 Å². The SMILES string of the molecule is CNc1c(OCC2CCN2C)cc(C(N)=O)c(C)c1C1(c2cc(OC)cc3ncccc23)CC1. The van der Waals surface area contributed by atoms with E-state index in [9.17, 15) is 4.79 Å². The summed E-state index contributed by atoms with van der Waals surface area (Å²) in [6.45, 7) is 3.64. The molecule has 0 bridgehead atoms. The lowest BCUT2D eigenvalue weighted by Gasteiger charge is -2.37. The van der Waals surface area contributed by atoms with Gasteiger partial charge in [-0.05, 0) is 74.7 Å². The van der Waals surface area contributed by atoms with E-state index in [4.69, 9.17) is 15.2 Å². The molecule has 1 aliphatic heterocycles. The molecule has 34 heavy (non-hydrogen) atoms. The van der Waals surface area contributed by atoms with E-state index in [1.54, 1.807) is 19.4 Å². The van der Waals surface area contributed by atoms with Gasteiger partial charge in [-0.1, -0.05) is 6.07 Å². The van der Waals surface area contributed by atoms with E-state index >= 15 is 0 Å². The van der Waals surface area contributed by atoms with Gasteiger partial charge in [-0.25, -0.2) is 0 Å². The van der Waals surface area contributed by atoms with Gasteiger partial charge in [0.1, 0.15) is 18.1 Å². The van der Waals surface area contributed by atoms with E-state index < -0.39 is 5.91 Å². The summed E-state index contributed by atoms with van der Waals surface area (Å²) in [5, 5.41) is 4.49. The predicted molar refractivity (Wildman–Crippen MR) is 134 cm³/mol. The third kappa shape index (κ3) is 3.55. The molecule has 2 aromatic carbocycles. The number of likely N-dealkylation sites (N-methyl/N-ethyl adjacent to an activating group) is 1. The first kappa shape index (κ1) is 22.5. The highest BCUT2D eigenvalue weighted by atomic mass is 16.5. The van der Waals surface area contributed by atoms with E-state index in [2.05, 4.69) is 34.4 Å². The number of likely N-dealkylation sites (tertiary alicyclic amines) is 1. The number of hydrogen-bond acceptors (Lipinski definition) is 6. The number of carbonyl (C=O) groups is 1. The summed E-state index contributed by atoms with van der Waals surface area (Å²) in [4.78, 5) is 19.4. The largest absolute Gasteiger partial charge is 0.497 e. The second-order valence-corrected chi connectivity index (χ2v) is 9.47. The number of benzene rings is 2. The summed E-state index contributed by atoms with van der Waals surface area (Å²) >= 11 is 0. The zero-order valence-corrected chi connectivity index (χ0v) is 20.3. The first-order valence-electron chi connectivity index (χ1n) is 11.8. The number of primary amides is 1. The molecule has 1 saturated heterocycles. The van der Waals surface area contributed by atoms with Gasteiger partial charge in [-0.15, -0.1) is 0 Å². The van der Waals surface area contributed by atoms with Crippen molar-refractivity contribution < 1.29 is 14.3 Å². The normalized spacial score (nSPS) is 18.9. The van der Waals surface area contributed by atoms with Crippen molar-refractivity contribution in [2.24, 2.45) is 5.73 Å². The van der Waals surface area contributed by atoms with Crippen LogP contribution >= 0.6 is 0 Å². The van der Waals surface area contributed by atoms with Crippen LogP contribution in [0.25, 0.3) is 10.9 Å². The summed E-state index contributed by atoms with van der Waals surface area (Å²) in [5.74, 6) is 1.00. The predicted octanol–water partition coefficient (Wildman–Crippen LogP) is 3.86. The van der Waals surface area contributed by atoms with Gasteiger partial charge in [-0.2, -0.15) is 0 Å². The molecule has 178 valence electrons. The van der Waals surface area contributed by atoms with Crippen LogP contribution in [0.5, 0.6) is 11.5 Å². The molecule has 2 heterocycles. The van der Waals surface area contributed by atoms with Crippen LogP contribution in [0.3, 0.4) is 0 Å². The van der Waals surface area contributed by atoms with Crippen LogP contribution in [0.4, 0.5) is 5.69 Å². The molecule has 0 spiro atoms. The van der Waals surface area contributed by atoms with Crippen molar-refractivity contribution >= 4 is 22.5 Å². The van der Waals surface area contributed by atoms with Crippen molar-refractivity contribution in [3.63, 3.8) is 0 Å². The maximum absolute atomic E-state index is 12.5. The number of amides is 1. The molecule has 7 heteroatoms. The molecule has 1 aromatic heterocycles. The van der Waals surface area contributed by atoms with E-state index in [1.807, 2.05) is 26.1 Å². The summed E-state index contributed by atoms with van der Waals surface area (Å²) in [6.07, 6.45) is 4.81. The van der Waals surface area contributed by atoms with Crippen molar-refractivity contribution in [1.29, 1.82) is 0 Å². The average molecular weight is 461 g/mol. The summed E-state index contributed by atoms with van der Waals surface area (Å²) in [6, 6.07) is 10.3. The Bertz CT molecular complexity index is 1270. The number of fused-ring (bicyclic) bond motifs is 1. The highest BCUT2D eigenvalue weighted by Crippen LogP contribution is 2.60. The van der Waals surface area contributed by atoms with Crippen LogP contribution in [-0.4, -0.2) is 56.2 Å². The van der Waals surface area contributed by atoms with E-state index in [0.29, 0.717) is 24.0 Å². The lowest BCUT2D eigenvalue weighted by Crippen LogP contribution is -2.48. The number of carbonyl (C=O) groups excluding carboxylic acids is 1. The number of rotatable bonds is 8. The lowest BCUT2D eigenvalue weighted by molar-refractivity contribution is 0.0770. The van der Waals surface area contributed by atoms with Gasteiger partial charge >= 0.3 is 0 Å². The molecule has 2 aliphatic rings. The zero-order chi connectivity index (χ0) is 24.0. The molecule has 1 unspecified atom stereocenters. The van der Waals surface area contributed by atoms with Gasteiger partial charge in [0.15, 0.2) is 0 Å². The van der Waals surface area contributed by atoms with Gasteiger partial charge < -0.3 is 20.5 Å². The Labute approximate surface area is 200 Å². The van der Waals surface area contributed by atoms with Crippen LogP contribution in [0.15, 0.2) is 36.5 Å². The molecule has 2 fully saturated rings. The molecule has 1 atom stereocenters. The number of nitrogens with two attached hydrogens (primary N) is 1. The summed E-state index contributed by atoms with van der Waals surface area (Å²) in [5.41, 5.74) is 11.0. The third-order valence-corrected chi connectivity index (χ3v) is 7.61. The smallest absolute Gasteiger partial charge is 0.249 e. The number of hydrogen-bond donors (Lipinski definition) is 2. The summed E-state index contributed by atoms with van der Waals surface area (Å²) in [7, 11) is 5.69. The Morgan fingerprint density at radius 1 is 1.32 bits per heavy atom. The van der Waals surface area contributed by atoms with E-state index in [1.165, 1.54) is 0 Å². The van der Waals surface area contributed by atoms with Gasteiger partial charge in [-0.3, -0.25) is 14.7 Å². The topological polar surface area (TPSA) is 89.7 Å². The van der Waals surface area contributed by atoms with E-state index in [0.717, 1.165) is 64.8 Å². The number of nitrogens with one attached hydrogen (secondary N) is 1. The van der Waals surface area contributed by atoms with Crippen LogP contribution in [0, 0.1) is 6.92 Å². The van der Waals surface area contributed by atoms with Gasteiger partial charge in [0, 0.05) is 41.7 Å². The van der Waals surface area contributed by atoms with Crippen molar-refractivity contribution in [2.45, 2.75) is 37.6 Å². The standard InChI is InChI=1S/C27H32N4O3/c1-16-20(26(28)32)14-23(34-15-17-7-11-31(17)3)25(29-2)24(16)27(8-9-27)21-12-18(33-4)13-22-19(21)6-5-10-30-22/h5-6,10,12-14,17,29H,7-9,11,15H2,1-4H3,(H2,28,32). The molecule has 1 amide bonds. The van der Waals surface area contributed by atoms with Crippen molar-refractivity contribution in [1.82, 2.24) is 9.88 Å². The number of anilines is 1. The quantitative estimate of drug-likeness (QED) is 0.531. The number of ether oxygens (including phenoxy) is 2. The van der Waals surface area contributed by atoms with Crippen molar-refractivity contribution in [3.8, 4) is 11.5 Å². The Morgan fingerprint density at radius 3 is 2.71 bits per heavy atom. The monoisotopic (exact) mass is 460 g/mol. The Morgan fingerprint density at radius 2 is 2.12 bits per heavy atom. The molecule has 0 radical (unpaired) electrons. The molecular weight excluding hydrogens is 428 g/mol. The van der Waals surface area contributed by atoms with Crippen molar-refractivity contribution in [3.05, 3.63) is 58.8 Å². The Hall–Kier alpha value is -3.32. The van der Waals surface area contributed by atoms with Crippen LogP contribution < -0.4 is 20.5 Å². The van der Waals surface area contributed by atoms with Gasteiger partial charge in [0.25, 0.3) is 0 Å². The zero-order valence-electron chi connectivity index (χ0n) is 20.3. The summed E-state index contributed by atoms with van der Waals surface area (Å²) < 4.78 is 12.0. The second kappa shape index (κ2) is 8.47. The number of pyridine rings is 1. The fourth-order valence-corrected chi connectivity index (χ4v) is 5.39. The molecular formula is C27H32N4O3. The molecule has 1 aliphatic carbocycles. The average Bonchev–Trinajstić information content (AvgIpc) is 3.63. The maximum Gasteiger partial charge on any atom is 0.249 e. The second-order valence-electron chi connectivity index (χ2n) is 9.47. The lowest BCUT2D eigenvalue weighted by atomic mass is 9.80. The molecule has 3 aromatic rings. The van der Waals surface area contributed by atoms with E-state index in [-0.39, 0.29) is 5.41 Å². The molecule has 1 saturated carbocycles. The van der Waals surface area contributed by atoms with Crippen LogP contribution in [0.1, 0.15) is 46.3 Å². The number of methoxy groups -OCH3 is 1. The van der Waals surface area contributed by atoms with Crippen LogP contribution in [0.2, 0.25) is 0 Å². The fraction of sp³-hybridized carbons (Fsp3) is 0.407. The van der Waals surface area contributed by atoms with Gasteiger partial charge in [0.05, 0.1) is 18.3 Å². The van der Waals surface area contributed by atoms with Gasteiger partial charge in [0.2, 0.25) is 5.91 Å². The highest BCUT2D eigenvalue weighted by Gasteiger charge is 2.50. The minimum absolute atomic E-state index is 0.283. The van der Waals surface area contributed by atoms with Crippen molar-refractivity contribution in [2.75, 3.05) is 39.7 Å². The highest BCUT2D eigenvalue weighted by molar-refractivity contribution is 5.97. The molecule has 7 nitrogen and oxygen atoms in total. The first-order valence-corrected chi connectivity index (χ1v) is 11.8. The Kier molecular flexibility index (Phi) is 5.60. The maximum atomic E-state index is 12.5. The fourth-order valence-electron chi connectivity index (χ4n) is 5.39. The Balaban J connectivity index is 1.70. The number of aromatic nitrogens is 1.